The zero-order valence-electron chi connectivity index (χ0n) is 9.69. The Morgan fingerprint density at radius 3 is 3.06 bits per heavy atom. The van der Waals surface area contributed by atoms with Crippen molar-refractivity contribution < 1.29 is 10.0 Å². The van der Waals surface area contributed by atoms with Crippen molar-refractivity contribution in [1.29, 1.82) is 0 Å². The minimum absolute atomic E-state index is 0.212. The lowest BCUT2D eigenvalue weighted by Gasteiger charge is -2.10. The van der Waals surface area contributed by atoms with Crippen LogP contribution in [0.15, 0.2) is 12.4 Å². The van der Waals surface area contributed by atoms with E-state index in [0.29, 0.717) is 12.6 Å². The Morgan fingerprint density at radius 1 is 1.71 bits per heavy atom. The Morgan fingerprint density at radius 2 is 2.47 bits per heavy atom. The molecule has 1 aromatic rings. The zero-order valence-corrected chi connectivity index (χ0v) is 9.69. The third kappa shape index (κ3) is 2.80. The van der Waals surface area contributed by atoms with Crippen LogP contribution in [0, 0.1) is 10.1 Å². The van der Waals surface area contributed by atoms with E-state index in [0.717, 1.165) is 13.0 Å². The molecule has 0 saturated carbocycles. The molecule has 1 saturated heterocycles. The van der Waals surface area contributed by atoms with Gasteiger partial charge >= 0.3 is 5.95 Å². The Balaban J connectivity index is 1.87. The van der Waals surface area contributed by atoms with E-state index in [1.54, 1.807) is 0 Å². The maximum Gasteiger partial charge on any atom is 0.434 e. The number of nitro groups is 1. The van der Waals surface area contributed by atoms with Crippen molar-refractivity contribution in [2.45, 2.75) is 32.0 Å². The molecule has 2 rings (SSSR count). The summed E-state index contributed by atoms with van der Waals surface area (Å²) in [7, 11) is 0. The van der Waals surface area contributed by atoms with E-state index in [2.05, 4.69) is 16.8 Å². The Kier molecular flexibility index (Phi) is 3.39. The van der Waals surface area contributed by atoms with Crippen molar-refractivity contribution in [1.82, 2.24) is 14.5 Å². The van der Waals surface area contributed by atoms with E-state index in [9.17, 15) is 15.2 Å². The van der Waals surface area contributed by atoms with Gasteiger partial charge in [0.1, 0.15) is 12.4 Å². The molecule has 0 spiro atoms. The summed E-state index contributed by atoms with van der Waals surface area (Å²) in [6.45, 7) is 3.90. The highest BCUT2D eigenvalue weighted by Gasteiger charge is 2.33. The minimum Gasteiger partial charge on any atom is -0.390 e. The highest BCUT2D eigenvalue weighted by atomic mass is 16.6. The van der Waals surface area contributed by atoms with Crippen LogP contribution >= 0.6 is 0 Å². The van der Waals surface area contributed by atoms with Crippen molar-refractivity contribution in [3.05, 3.63) is 22.5 Å². The van der Waals surface area contributed by atoms with Crippen LogP contribution in [0.3, 0.4) is 0 Å². The molecule has 0 aliphatic carbocycles. The van der Waals surface area contributed by atoms with Crippen molar-refractivity contribution in [3.8, 4) is 0 Å². The van der Waals surface area contributed by atoms with E-state index < -0.39 is 11.0 Å². The smallest absolute Gasteiger partial charge is 0.390 e. The van der Waals surface area contributed by atoms with Gasteiger partial charge in [0.15, 0.2) is 0 Å². The fourth-order valence-electron chi connectivity index (χ4n) is 2.01. The predicted octanol–water partition coefficient (Wildman–Crippen LogP) is 0.246. The third-order valence-corrected chi connectivity index (χ3v) is 3.01. The van der Waals surface area contributed by atoms with Gasteiger partial charge in [-0.05, 0) is 11.3 Å². The van der Waals surface area contributed by atoms with E-state index in [1.807, 2.05) is 0 Å². The number of rotatable bonds is 6. The largest absolute Gasteiger partial charge is 0.434 e. The summed E-state index contributed by atoms with van der Waals surface area (Å²) < 4.78 is 1.37. The molecule has 1 aliphatic rings. The average molecular weight is 240 g/mol. The molecule has 7 nitrogen and oxygen atoms in total. The molecule has 3 unspecified atom stereocenters. The first-order valence-corrected chi connectivity index (χ1v) is 5.69. The third-order valence-electron chi connectivity index (χ3n) is 3.01. The number of aromatic nitrogens is 2. The molecule has 17 heavy (non-hydrogen) atoms. The summed E-state index contributed by atoms with van der Waals surface area (Å²) in [6.07, 6.45) is 3.37. The molecule has 0 radical (unpaired) electrons. The SMILES string of the molecule is CCC1CN1CC(O)Cn1ccnc1[N+](=O)[O-]. The number of aliphatic hydroxyl groups excluding tert-OH is 1. The van der Waals surface area contributed by atoms with Crippen molar-refractivity contribution in [2.24, 2.45) is 0 Å². The van der Waals surface area contributed by atoms with Crippen LogP contribution in [-0.4, -0.2) is 49.7 Å². The topological polar surface area (TPSA) is 84.2 Å². The highest BCUT2D eigenvalue weighted by molar-refractivity contribution is 5.06. The fraction of sp³-hybridized carbons (Fsp3) is 0.700. The van der Waals surface area contributed by atoms with E-state index >= 15 is 0 Å². The van der Waals surface area contributed by atoms with Crippen LogP contribution in [0.5, 0.6) is 0 Å². The Bertz CT molecular complexity index is 406. The molecule has 1 fully saturated rings. The monoisotopic (exact) mass is 240 g/mol. The van der Waals surface area contributed by atoms with Gasteiger partial charge in [0.05, 0.1) is 12.6 Å². The number of nitrogens with zero attached hydrogens (tertiary/aromatic N) is 4. The van der Waals surface area contributed by atoms with Gasteiger partial charge in [-0.1, -0.05) is 11.9 Å². The number of aliphatic hydroxyl groups is 1. The highest BCUT2D eigenvalue weighted by Crippen LogP contribution is 2.20. The summed E-state index contributed by atoms with van der Waals surface area (Å²) in [4.78, 5) is 15.9. The summed E-state index contributed by atoms with van der Waals surface area (Å²) in [5.74, 6) is -0.220. The van der Waals surface area contributed by atoms with Crippen molar-refractivity contribution >= 4 is 5.95 Å². The Labute approximate surface area is 98.8 Å². The molecule has 7 heteroatoms. The first kappa shape index (κ1) is 12.0. The predicted molar refractivity (Wildman–Crippen MR) is 60.5 cm³/mol. The lowest BCUT2D eigenvalue weighted by atomic mass is 10.3. The number of hydrogen-bond acceptors (Lipinski definition) is 5. The van der Waals surface area contributed by atoms with Gasteiger partial charge in [0.2, 0.25) is 0 Å². The number of imidazole rings is 1. The molecule has 1 aliphatic heterocycles. The normalized spacial score (nSPS) is 24.6. The second-order valence-corrected chi connectivity index (χ2v) is 4.31. The van der Waals surface area contributed by atoms with E-state index in [4.69, 9.17) is 0 Å². The summed E-state index contributed by atoms with van der Waals surface area (Å²) >= 11 is 0. The van der Waals surface area contributed by atoms with Crippen LogP contribution in [0.4, 0.5) is 5.95 Å². The van der Waals surface area contributed by atoms with E-state index in [1.165, 1.54) is 17.0 Å². The van der Waals surface area contributed by atoms with Crippen LogP contribution in [0.1, 0.15) is 13.3 Å². The molecule has 1 aromatic heterocycles. The van der Waals surface area contributed by atoms with Gasteiger partial charge in [-0.25, -0.2) is 4.57 Å². The second kappa shape index (κ2) is 4.80. The van der Waals surface area contributed by atoms with Crippen LogP contribution in [0.2, 0.25) is 0 Å². The summed E-state index contributed by atoms with van der Waals surface area (Å²) in [6, 6.07) is 0.572. The van der Waals surface area contributed by atoms with Crippen molar-refractivity contribution in [3.63, 3.8) is 0 Å². The zero-order chi connectivity index (χ0) is 12.4. The quantitative estimate of drug-likeness (QED) is 0.437. The first-order chi connectivity index (χ1) is 8.11. The van der Waals surface area contributed by atoms with Crippen LogP contribution in [0.25, 0.3) is 0 Å². The first-order valence-electron chi connectivity index (χ1n) is 5.69. The van der Waals surface area contributed by atoms with Gasteiger partial charge in [0, 0.05) is 19.1 Å². The lowest BCUT2D eigenvalue weighted by molar-refractivity contribution is -0.397. The van der Waals surface area contributed by atoms with Gasteiger partial charge in [-0.2, -0.15) is 0 Å². The number of β-amino-alcohol motifs (C(OH)–C–C–N with tert-alkyl or cyclic N) is 1. The molecule has 3 atom stereocenters. The molecule has 1 N–H and O–H groups in total. The molecule has 0 amide bonds. The maximum absolute atomic E-state index is 10.6. The minimum atomic E-state index is -0.598. The number of hydrogen-bond donors (Lipinski definition) is 1. The van der Waals surface area contributed by atoms with Gasteiger partial charge in [-0.15, -0.1) is 0 Å². The van der Waals surface area contributed by atoms with E-state index in [-0.39, 0.29) is 12.5 Å². The molecule has 0 bridgehead atoms. The molecular formula is C10H16N4O3. The average Bonchev–Trinajstić information content (AvgIpc) is 2.84. The standard InChI is InChI=1S/C10H16N4O3/c1-2-8-5-13(8)7-9(15)6-12-4-3-11-10(12)14(16)17/h3-4,8-9,15H,2,5-7H2,1H3. The molecule has 2 heterocycles. The summed E-state index contributed by atoms with van der Waals surface area (Å²) in [5.41, 5.74) is 0. The lowest BCUT2D eigenvalue weighted by Crippen LogP contribution is -2.25. The Hall–Kier alpha value is -1.47. The van der Waals surface area contributed by atoms with Gasteiger partial charge < -0.3 is 15.2 Å². The van der Waals surface area contributed by atoms with Crippen LogP contribution < -0.4 is 0 Å². The molecule has 0 aromatic carbocycles. The molecule has 94 valence electrons. The van der Waals surface area contributed by atoms with Crippen molar-refractivity contribution in [2.75, 3.05) is 13.1 Å². The van der Waals surface area contributed by atoms with Crippen LogP contribution in [-0.2, 0) is 6.54 Å². The summed E-state index contributed by atoms with van der Waals surface area (Å²) in [5, 5.41) is 20.5. The van der Waals surface area contributed by atoms with Gasteiger partial charge in [0.25, 0.3) is 0 Å². The second-order valence-electron chi connectivity index (χ2n) is 4.31. The van der Waals surface area contributed by atoms with Gasteiger partial charge in [-0.3, -0.25) is 4.90 Å². The fourth-order valence-corrected chi connectivity index (χ4v) is 2.01. The maximum atomic E-state index is 10.6. The molecular weight excluding hydrogens is 224 g/mol.